The van der Waals surface area contributed by atoms with Crippen LogP contribution in [0.25, 0.3) is 0 Å². The Bertz CT molecular complexity index is 409. The normalized spacial score (nSPS) is 11.9. The first-order chi connectivity index (χ1) is 8.54. The molecule has 0 aliphatic rings. The van der Waals surface area contributed by atoms with Crippen LogP contribution in [0.2, 0.25) is 0 Å². The summed E-state index contributed by atoms with van der Waals surface area (Å²) in [4.78, 5) is 14.3. The average molecular weight is 255 g/mol. The molecule has 0 bridgehead atoms. The average Bonchev–Trinajstić information content (AvgIpc) is 2.33. The highest BCUT2D eigenvalue weighted by atomic mass is 16.6. The fourth-order valence-electron chi connectivity index (χ4n) is 1.43. The molecule has 1 aromatic heterocycles. The van der Waals surface area contributed by atoms with Crippen molar-refractivity contribution in [1.82, 2.24) is 4.98 Å². The number of hydrogen-bond donors (Lipinski definition) is 2. The Kier molecular flexibility index (Phi) is 5.31. The molecule has 7 nitrogen and oxygen atoms in total. The van der Waals surface area contributed by atoms with Gasteiger partial charge >= 0.3 is 5.69 Å². The quantitative estimate of drug-likeness (QED) is 0.436. The number of aromatic nitrogens is 1. The minimum absolute atomic E-state index is 0.0900. The predicted octanol–water partition coefficient (Wildman–Crippen LogP) is 1.57. The van der Waals surface area contributed by atoms with Crippen molar-refractivity contribution in [2.75, 3.05) is 19.0 Å². The van der Waals surface area contributed by atoms with Gasteiger partial charge in [0.05, 0.1) is 18.1 Å². The summed E-state index contributed by atoms with van der Waals surface area (Å²) in [5, 5.41) is 22.8. The van der Waals surface area contributed by atoms with Crippen molar-refractivity contribution in [1.29, 1.82) is 0 Å². The molecule has 7 heteroatoms. The topological polar surface area (TPSA) is 97.5 Å². The van der Waals surface area contributed by atoms with Crippen LogP contribution in [0.4, 0.5) is 11.5 Å². The van der Waals surface area contributed by atoms with Gasteiger partial charge in [-0.15, -0.1) is 0 Å². The summed E-state index contributed by atoms with van der Waals surface area (Å²) in [7, 11) is 1.45. The fourth-order valence-corrected chi connectivity index (χ4v) is 1.43. The zero-order valence-electron chi connectivity index (χ0n) is 10.4. The maximum atomic E-state index is 10.8. The summed E-state index contributed by atoms with van der Waals surface area (Å²) < 4.78 is 4.92. The van der Waals surface area contributed by atoms with Crippen molar-refractivity contribution in [3.63, 3.8) is 0 Å². The molecular weight excluding hydrogens is 238 g/mol. The van der Waals surface area contributed by atoms with E-state index in [1.165, 1.54) is 19.2 Å². The van der Waals surface area contributed by atoms with Gasteiger partial charge in [-0.2, -0.15) is 4.98 Å². The number of nitrogens with zero attached hydrogens (tertiary/aromatic N) is 2. The zero-order valence-corrected chi connectivity index (χ0v) is 10.4. The lowest BCUT2D eigenvalue weighted by Gasteiger charge is -2.08. The number of pyridine rings is 1. The van der Waals surface area contributed by atoms with Crippen LogP contribution in [-0.4, -0.2) is 34.8 Å². The molecule has 0 aliphatic carbocycles. The van der Waals surface area contributed by atoms with Crippen LogP contribution >= 0.6 is 0 Å². The molecule has 1 aromatic rings. The van der Waals surface area contributed by atoms with Crippen molar-refractivity contribution < 1.29 is 14.8 Å². The van der Waals surface area contributed by atoms with Crippen LogP contribution < -0.4 is 10.1 Å². The largest absolute Gasteiger partial charge is 0.481 e. The molecule has 0 spiro atoms. The van der Waals surface area contributed by atoms with E-state index < -0.39 is 4.92 Å². The van der Waals surface area contributed by atoms with E-state index in [1.54, 1.807) is 6.92 Å². The number of nitro groups is 1. The molecule has 0 amide bonds. The Hall–Kier alpha value is -1.89. The second-order valence-electron chi connectivity index (χ2n) is 3.90. The molecule has 1 rings (SSSR count). The molecule has 18 heavy (non-hydrogen) atoms. The lowest BCUT2D eigenvalue weighted by molar-refractivity contribution is -0.384. The number of aliphatic hydroxyl groups is 1. The van der Waals surface area contributed by atoms with Gasteiger partial charge in [0.2, 0.25) is 11.7 Å². The maximum Gasteiger partial charge on any atom is 0.311 e. The number of methoxy groups -OCH3 is 1. The lowest BCUT2D eigenvalue weighted by Crippen LogP contribution is -2.09. The smallest absolute Gasteiger partial charge is 0.311 e. The molecule has 100 valence electrons. The number of rotatable bonds is 7. The van der Waals surface area contributed by atoms with Crippen LogP contribution in [0.5, 0.6) is 5.88 Å². The molecule has 0 aliphatic heterocycles. The minimum atomic E-state index is -0.497. The fraction of sp³-hybridized carbons (Fsp3) is 0.545. The summed E-state index contributed by atoms with van der Waals surface area (Å²) in [5.41, 5.74) is -0.0900. The van der Waals surface area contributed by atoms with E-state index in [4.69, 9.17) is 9.84 Å². The van der Waals surface area contributed by atoms with Gasteiger partial charge in [-0.25, -0.2) is 0 Å². The summed E-state index contributed by atoms with van der Waals surface area (Å²) in [5.74, 6) is 0.503. The standard InChI is InChI=1S/C11H17N3O4/c1-8(15)4-3-7-12-11-9(14(16)17)5-6-10(13-11)18-2/h5-6,8,15H,3-4,7H2,1-2H3,(H,12,13). The molecule has 2 N–H and O–H groups in total. The molecule has 1 atom stereocenters. The Morgan fingerprint density at radius 1 is 1.61 bits per heavy atom. The van der Waals surface area contributed by atoms with Crippen LogP contribution in [0.3, 0.4) is 0 Å². The van der Waals surface area contributed by atoms with E-state index in [0.717, 1.165) is 0 Å². The third-order valence-electron chi connectivity index (χ3n) is 2.35. The SMILES string of the molecule is COc1ccc([N+](=O)[O-])c(NCCCC(C)O)n1. The predicted molar refractivity (Wildman–Crippen MR) is 66.8 cm³/mol. The Morgan fingerprint density at radius 3 is 2.89 bits per heavy atom. The summed E-state index contributed by atoms with van der Waals surface area (Å²) in [6.45, 7) is 2.21. The third kappa shape index (κ3) is 4.17. The second kappa shape index (κ2) is 6.75. The lowest BCUT2D eigenvalue weighted by atomic mass is 10.2. The molecule has 0 radical (unpaired) electrons. The van der Waals surface area contributed by atoms with E-state index in [-0.39, 0.29) is 17.6 Å². The Balaban J connectivity index is 2.69. The van der Waals surface area contributed by atoms with Crippen molar-refractivity contribution in [2.24, 2.45) is 0 Å². The van der Waals surface area contributed by atoms with Gasteiger partial charge in [-0.05, 0) is 19.8 Å². The number of aliphatic hydroxyl groups excluding tert-OH is 1. The first-order valence-electron chi connectivity index (χ1n) is 5.66. The highest BCUT2D eigenvalue weighted by Gasteiger charge is 2.15. The number of nitrogens with one attached hydrogen (secondary N) is 1. The van der Waals surface area contributed by atoms with Crippen LogP contribution in [0, 0.1) is 10.1 Å². The van der Waals surface area contributed by atoms with Crippen molar-refractivity contribution >= 4 is 11.5 Å². The van der Waals surface area contributed by atoms with Gasteiger partial charge in [0.25, 0.3) is 0 Å². The zero-order chi connectivity index (χ0) is 13.5. The molecule has 0 saturated carbocycles. The molecular formula is C11H17N3O4. The monoisotopic (exact) mass is 255 g/mol. The molecule has 0 aromatic carbocycles. The van der Waals surface area contributed by atoms with Gasteiger partial charge in [0, 0.05) is 18.7 Å². The highest BCUT2D eigenvalue weighted by Crippen LogP contribution is 2.24. The first-order valence-corrected chi connectivity index (χ1v) is 5.66. The highest BCUT2D eigenvalue weighted by molar-refractivity contribution is 5.56. The molecule has 0 saturated heterocycles. The maximum absolute atomic E-state index is 10.8. The van der Waals surface area contributed by atoms with Crippen LogP contribution in [0.15, 0.2) is 12.1 Å². The van der Waals surface area contributed by atoms with Crippen molar-refractivity contribution in [3.05, 3.63) is 22.2 Å². The Labute approximate surface area is 105 Å². The summed E-state index contributed by atoms with van der Waals surface area (Å²) >= 11 is 0. The number of anilines is 1. The number of ether oxygens (including phenoxy) is 1. The Morgan fingerprint density at radius 2 is 2.33 bits per heavy atom. The van der Waals surface area contributed by atoms with E-state index >= 15 is 0 Å². The van der Waals surface area contributed by atoms with Gasteiger partial charge in [-0.3, -0.25) is 10.1 Å². The second-order valence-corrected chi connectivity index (χ2v) is 3.90. The van der Waals surface area contributed by atoms with Crippen LogP contribution in [0.1, 0.15) is 19.8 Å². The van der Waals surface area contributed by atoms with Crippen molar-refractivity contribution in [2.45, 2.75) is 25.9 Å². The van der Waals surface area contributed by atoms with Gasteiger partial charge in [0.15, 0.2) is 0 Å². The van der Waals surface area contributed by atoms with Gasteiger partial charge < -0.3 is 15.2 Å². The van der Waals surface area contributed by atoms with Gasteiger partial charge in [-0.1, -0.05) is 0 Å². The van der Waals surface area contributed by atoms with E-state index in [0.29, 0.717) is 25.3 Å². The van der Waals surface area contributed by atoms with Gasteiger partial charge in [0.1, 0.15) is 0 Å². The molecule has 1 unspecified atom stereocenters. The van der Waals surface area contributed by atoms with E-state index in [9.17, 15) is 10.1 Å². The molecule has 0 fully saturated rings. The summed E-state index contributed by atoms with van der Waals surface area (Å²) in [6, 6.07) is 2.79. The first kappa shape index (κ1) is 14.2. The van der Waals surface area contributed by atoms with E-state index in [2.05, 4.69) is 10.3 Å². The van der Waals surface area contributed by atoms with E-state index in [1.807, 2.05) is 0 Å². The minimum Gasteiger partial charge on any atom is -0.481 e. The number of hydrogen-bond acceptors (Lipinski definition) is 6. The van der Waals surface area contributed by atoms with Crippen LogP contribution in [-0.2, 0) is 0 Å². The summed E-state index contributed by atoms with van der Waals surface area (Å²) in [6.07, 6.45) is 0.957. The molecule has 1 heterocycles. The third-order valence-corrected chi connectivity index (χ3v) is 2.35. The van der Waals surface area contributed by atoms with Crippen molar-refractivity contribution in [3.8, 4) is 5.88 Å².